The van der Waals surface area contributed by atoms with Gasteiger partial charge in [-0.3, -0.25) is 9.59 Å². The van der Waals surface area contributed by atoms with Crippen LogP contribution in [0.2, 0.25) is 0 Å². The molecule has 0 bridgehead atoms. The van der Waals surface area contributed by atoms with E-state index in [1.165, 1.54) is 22.3 Å². The average Bonchev–Trinajstić information content (AvgIpc) is 3.68. The fraction of sp³-hybridized carbons (Fsp3) is 0.258. The van der Waals surface area contributed by atoms with Crippen molar-refractivity contribution in [3.05, 3.63) is 101 Å². The summed E-state index contributed by atoms with van der Waals surface area (Å²) in [5, 5.41) is 13.4. The lowest BCUT2D eigenvalue weighted by molar-refractivity contribution is -0.143. The molecule has 6 heteroatoms. The van der Waals surface area contributed by atoms with Gasteiger partial charge in [0.15, 0.2) is 17.4 Å². The highest BCUT2D eigenvalue weighted by molar-refractivity contribution is 6.03. The van der Waals surface area contributed by atoms with Crippen molar-refractivity contribution in [3.8, 4) is 11.1 Å². The SMILES string of the molecule is C=C(O/N=C(\N)c1cccc(C(=O)CC2(C(=O)O)CC2)c1)c1ccc(-c2ccccc2C)c(CCC)c1. The van der Waals surface area contributed by atoms with E-state index in [1.807, 2.05) is 18.2 Å². The summed E-state index contributed by atoms with van der Waals surface area (Å²) in [5.41, 5.74) is 11.8. The first-order valence-corrected chi connectivity index (χ1v) is 12.5. The topological polar surface area (TPSA) is 102 Å². The number of hydrogen-bond donors (Lipinski definition) is 2. The van der Waals surface area contributed by atoms with Crippen LogP contribution in [0.1, 0.15) is 65.2 Å². The molecule has 1 aliphatic carbocycles. The molecule has 1 aliphatic rings. The molecule has 0 spiro atoms. The van der Waals surface area contributed by atoms with Gasteiger partial charge in [-0.1, -0.05) is 79.7 Å². The number of carboxylic acid groups (broad SMARTS) is 1. The van der Waals surface area contributed by atoms with Crippen LogP contribution in [0.3, 0.4) is 0 Å². The first-order valence-electron chi connectivity index (χ1n) is 12.5. The summed E-state index contributed by atoms with van der Waals surface area (Å²) in [6.45, 7) is 8.28. The number of aliphatic carboxylic acids is 1. The van der Waals surface area contributed by atoms with Gasteiger partial charge in [-0.2, -0.15) is 0 Å². The van der Waals surface area contributed by atoms with E-state index in [1.54, 1.807) is 24.3 Å². The van der Waals surface area contributed by atoms with E-state index < -0.39 is 11.4 Å². The van der Waals surface area contributed by atoms with Crippen molar-refractivity contribution in [2.24, 2.45) is 16.3 Å². The number of aryl methyl sites for hydroxylation is 2. The zero-order valence-electron chi connectivity index (χ0n) is 21.3. The number of nitrogens with zero attached hydrogens (tertiary/aromatic N) is 1. The van der Waals surface area contributed by atoms with Gasteiger partial charge in [0.25, 0.3) is 0 Å². The second kappa shape index (κ2) is 10.8. The molecule has 4 rings (SSSR count). The van der Waals surface area contributed by atoms with Crippen LogP contribution < -0.4 is 5.73 Å². The van der Waals surface area contributed by atoms with Crippen molar-refractivity contribution >= 4 is 23.3 Å². The number of oxime groups is 1. The lowest BCUT2D eigenvalue weighted by Gasteiger charge is -2.14. The van der Waals surface area contributed by atoms with E-state index >= 15 is 0 Å². The van der Waals surface area contributed by atoms with Crippen LogP contribution >= 0.6 is 0 Å². The average molecular weight is 497 g/mol. The Kier molecular flexibility index (Phi) is 7.58. The third-order valence-electron chi connectivity index (χ3n) is 6.92. The van der Waals surface area contributed by atoms with Crippen LogP contribution in [0.4, 0.5) is 0 Å². The summed E-state index contributed by atoms with van der Waals surface area (Å²) < 4.78 is 0. The second-order valence-corrected chi connectivity index (χ2v) is 9.69. The van der Waals surface area contributed by atoms with E-state index in [0.717, 1.165) is 18.4 Å². The van der Waals surface area contributed by atoms with Gasteiger partial charge in [-0.05, 0) is 60.6 Å². The van der Waals surface area contributed by atoms with Gasteiger partial charge < -0.3 is 15.7 Å². The summed E-state index contributed by atoms with van der Waals surface area (Å²) in [5.74, 6) is -0.683. The summed E-state index contributed by atoms with van der Waals surface area (Å²) in [7, 11) is 0. The molecule has 0 saturated heterocycles. The Morgan fingerprint density at radius 3 is 2.41 bits per heavy atom. The van der Waals surface area contributed by atoms with Crippen molar-refractivity contribution in [1.82, 2.24) is 0 Å². The fourth-order valence-electron chi connectivity index (χ4n) is 4.47. The molecule has 0 unspecified atom stereocenters. The molecule has 0 heterocycles. The van der Waals surface area contributed by atoms with E-state index in [2.05, 4.69) is 49.8 Å². The molecule has 0 radical (unpaired) electrons. The number of benzene rings is 3. The van der Waals surface area contributed by atoms with Gasteiger partial charge in [-0.15, -0.1) is 0 Å². The quantitative estimate of drug-likeness (QED) is 0.106. The van der Waals surface area contributed by atoms with Crippen LogP contribution in [0.15, 0.2) is 78.5 Å². The Labute approximate surface area is 217 Å². The standard InChI is InChI=1S/C31H32N2O4/c1-4-8-23-17-22(13-14-27(23)26-12-6-5-9-20(26)2)21(3)37-33-29(32)25-11-7-10-24(18-25)28(34)19-31(15-16-31)30(35)36/h5-7,9-14,17-18H,3-4,8,15-16,19H2,1-2H3,(H2,32,33)(H,35,36). The number of Topliss-reactive ketones (excluding diaryl/α,β-unsaturated/α-hetero) is 1. The summed E-state index contributed by atoms with van der Waals surface area (Å²) in [6.07, 6.45) is 2.96. The van der Waals surface area contributed by atoms with Gasteiger partial charge in [-0.25, -0.2) is 0 Å². The van der Waals surface area contributed by atoms with Gasteiger partial charge in [0.1, 0.15) is 0 Å². The van der Waals surface area contributed by atoms with Crippen LogP contribution in [-0.2, 0) is 16.1 Å². The van der Waals surface area contributed by atoms with Crippen molar-refractivity contribution in [2.45, 2.75) is 46.0 Å². The normalized spacial score (nSPS) is 14.2. The van der Waals surface area contributed by atoms with Crippen molar-refractivity contribution in [3.63, 3.8) is 0 Å². The molecule has 0 aliphatic heterocycles. The van der Waals surface area contributed by atoms with E-state index in [-0.39, 0.29) is 18.0 Å². The van der Waals surface area contributed by atoms with Crippen LogP contribution in [0.5, 0.6) is 0 Å². The summed E-state index contributed by atoms with van der Waals surface area (Å²) >= 11 is 0. The number of hydrogen-bond acceptors (Lipinski definition) is 4. The second-order valence-electron chi connectivity index (χ2n) is 9.69. The Morgan fingerprint density at radius 2 is 1.73 bits per heavy atom. The minimum Gasteiger partial charge on any atom is -0.481 e. The van der Waals surface area contributed by atoms with Crippen molar-refractivity contribution in [1.29, 1.82) is 0 Å². The van der Waals surface area contributed by atoms with Gasteiger partial charge >= 0.3 is 5.97 Å². The number of ketones is 1. The van der Waals surface area contributed by atoms with Crippen molar-refractivity contribution < 1.29 is 19.5 Å². The number of carboxylic acids is 1. The number of carbonyl (C=O) groups is 2. The predicted octanol–water partition coefficient (Wildman–Crippen LogP) is 6.36. The molecule has 3 N–H and O–H groups in total. The lowest BCUT2D eigenvalue weighted by atomic mass is 9.92. The molecule has 190 valence electrons. The molecule has 0 aromatic heterocycles. The molecule has 6 nitrogen and oxygen atoms in total. The Bertz CT molecular complexity index is 1390. The van der Waals surface area contributed by atoms with Gasteiger partial charge in [0.05, 0.1) is 5.41 Å². The molecule has 0 amide bonds. The van der Waals surface area contributed by atoms with Gasteiger partial charge in [0, 0.05) is 23.1 Å². The maximum Gasteiger partial charge on any atom is 0.310 e. The minimum absolute atomic E-state index is 0.0191. The zero-order chi connectivity index (χ0) is 26.6. The third kappa shape index (κ3) is 5.80. The third-order valence-corrected chi connectivity index (χ3v) is 6.92. The Balaban J connectivity index is 1.49. The van der Waals surface area contributed by atoms with Crippen molar-refractivity contribution in [2.75, 3.05) is 0 Å². The lowest BCUT2D eigenvalue weighted by Crippen LogP contribution is -2.20. The highest BCUT2D eigenvalue weighted by Crippen LogP contribution is 2.49. The van der Waals surface area contributed by atoms with Gasteiger partial charge in [0.2, 0.25) is 0 Å². The number of amidine groups is 1. The molecule has 1 saturated carbocycles. The molecule has 0 atom stereocenters. The number of rotatable bonds is 11. The van der Waals surface area contributed by atoms with Crippen LogP contribution in [0, 0.1) is 12.3 Å². The monoisotopic (exact) mass is 496 g/mol. The summed E-state index contributed by atoms with van der Waals surface area (Å²) in [4.78, 5) is 29.7. The molecule has 3 aromatic carbocycles. The Morgan fingerprint density at radius 1 is 1.00 bits per heavy atom. The minimum atomic E-state index is -0.918. The van der Waals surface area contributed by atoms with Crippen LogP contribution in [-0.4, -0.2) is 22.7 Å². The molecule has 37 heavy (non-hydrogen) atoms. The van der Waals surface area contributed by atoms with E-state index in [4.69, 9.17) is 10.6 Å². The summed E-state index contributed by atoms with van der Waals surface area (Å²) in [6, 6.07) is 21.1. The number of carbonyl (C=O) groups excluding carboxylic acids is 1. The fourth-order valence-corrected chi connectivity index (χ4v) is 4.47. The molecule has 1 fully saturated rings. The van der Waals surface area contributed by atoms with E-state index in [9.17, 15) is 14.7 Å². The maximum atomic E-state index is 12.7. The largest absolute Gasteiger partial charge is 0.481 e. The first-order chi connectivity index (χ1) is 17.7. The highest BCUT2D eigenvalue weighted by Gasteiger charge is 2.51. The Hall–Kier alpha value is -4.19. The van der Waals surface area contributed by atoms with Crippen LogP contribution in [0.25, 0.3) is 16.9 Å². The predicted molar refractivity (Wildman–Crippen MR) is 146 cm³/mol. The first kappa shape index (κ1) is 25.9. The molecular formula is C31H32N2O4. The highest BCUT2D eigenvalue weighted by atomic mass is 16.6. The molecular weight excluding hydrogens is 464 g/mol. The smallest absolute Gasteiger partial charge is 0.310 e. The zero-order valence-corrected chi connectivity index (χ0v) is 21.3. The van der Waals surface area contributed by atoms with E-state index in [0.29, 0.717) is 29.7 Å². The number of nitrogens with two attached hydrogens (primary N) is 1. The maximum absolute atomic E-state index is 12.7. The molecule has 3 aromatic rings.